The summed E-state index contributed by atoms with van der Waals surface area (Å²) in [5.41, 5.74) is 6.86. The fourth-order valence-electron chi connectivity index (χ4n) is 4.51. The SMILES string of the molecule is CC(C)C(NC(=O)C(Cc1c[nH]c2ccccc12)NC(=O)C(CCC(N)=O)NC(=O)C1CCCN1)C(=O)O. The number of benzene rings is 1. The van der Waals surface area contributed by atoms with Gasteiger partial charge in [-0.1, -0.05) is 32.0 Å². The average Bonchev–Trinajstić information content (AvgIpc) is 3.54. The Morgan fingerprint density at radius 1 is 1.05 bits per heavy atom. The van der Waals surface area contributed by atoms with Crippen LogP contribution in [0.1, 0.15) is 45.1 Å². The fourth-order valence-corrected chi connectivity index (χ4v) is 4.51. The third-order valence-corrected chi connectivity index (χ3v) is 6.65. The van der Waals surface area contributed by atoms with Gasteiger partial charge >= 0.3 is 5.97 Å². The molecule has 2 aromatic rings. The first-order valence-electron chi connectivity index (χ1n) is 12.8. The number of para-hydroxylation sites is 1. The molecular formula is C26H36N6O6. The van der Waals surface area contributed by atoms with E-state index in [2.05, 4.69) is 26.3 Å². The second-order valence-corrected chi connectivity index (χ2v) is 9.91. The number of carboxylic acids is 1. The van der Waals surface area contributed by atoms with Crippen molar-refractivity contribution in [2.24, 2.45) is 11.7 Å². The highest BCUT2D eigenvalue weighted by Crippen LogP contribution is 2.19. The smallest absolute Gasteiger partial charge is 0.326 e. The van der Waals surface area contributed by atoms with Crippen LogP contribution in [0.4, 0.5) is 0 Å². The molecule has 0 saturated carbocycles. The topological polar surface area (TPSA) is 196 Å². The quantitative estimate of drug-likeness (QED) is 0.189. The van der Waals surface area contributed by atoms with Gasteiger partial charge in [0.25, 0.3) is 0 Å². The summed E-state index contributed by atoms with van der Waals surface area (Å²) in [6.45, 7) is 4.02. The van der Waals surface area contributed by atoms with Crippen molar-refractivity contribution in [3.63, 3.8) is 0 Å². The van der Waals surface area contributed by atoms with Crippen LogP contribution in [0.15, 0.2) is 30.5 Å². The first kappa shape index (κ1) is 28.6. The maximum absolute atomic E-state index is 13.4. The van der Waals surface area contributed by atoms with Crippen LogP contribution in [0.25, 0.3) is 10.9 Å². The predicted octanol–water partition coefficient (Wildman–Crippen LogP) is -0.0771. The number of nitrogens with two attached hydrogens (primary N) is 1. The highest BCUT2D eigenvalue weighted by atomic mass is 16.4. The number of amides is 4. The number of fused-ring (bicyclic) bond motifs is 1. The number of rotatable bonds is 13. The number of aliphatic carboxylic acids is 1. The molecule has 1 saturated heterocycles. The minimum absolute atomic E-state index is 0.0508. The highest BCUT2D eigenvalue weighted by Gasteiger charge is 2.32. The van der Waals surface area contributed by atoms with Crippen LogP contribution in [0.3, 0.4) is 0 Å². The van der Waals surface area contributed by atoms with Gasteiger partial charge in [0.1, 0.15) is 18.1 Å². The van der Waals surface area contributed by atoms with Gasteiger partial charge in [-0.05, 0) is 43.4 Å². The van der Waals surface area contributed by atoms with Crippen molar-refractivity contribution in [1.29, 1.82) is 0 Å². The second kappa shape index (κ2) is 13.0. The Morgan fingerprint density at radius 3 is 2.39 bits per heavy atom. The Balaban J connectivity index is 1.84. The molecule has 1 fully saturated rings. The molecule has 4 atom stereocenters. The summed E-state index contributed by atoms with van der Waals surface area (Å²) in [6, 6.07) is 3.57. The third kappa shape index (κ3) is 7.54. The monoisotopic (exact) mass is 528 g/mol. The number of hydrogen-bond donors (Lipinski definition) is 7. The molecule has 8 N–H and O–H groups in total. The van der Waals surface area contributed by atoms with Crippen LogP contribution in [0.2, 0.25) is 0 Å². The number of primary amides is 1. The molecule has 12 nitrogen and oxygen atoms in total. The van der Waals surface area contributed by atoms with Crippen molar-refractivity contribution in [2.75, 3.05) is 6.54 Å². The van der Waals surface area contributed by atoms with Crippen molar-refractivity contribution in [3.8, 4) is 0 Å². The van der Waals surface area contributed by atoms with E-state index in [9.17, 15) is 29.1 Å². The molecule has 1 aromatic heterocycles. The second-order valence-electron chi connectivity index (χ2n) is 9.91. The Hall–Kier alpha value is -3.93. The number of hydrogen-bond acceptors (Lipinski definition) is 6. The molecular weight excluding hydrogens is 492 g/mol. The molecule has 0 spiro atoms. The normalized spacial score (nSPS) is 17.5. The van der Waals surface area contributed by atoms with Gasteiger partial charge in [0.05, 0.1) is 6.04 Å². The Bertz CT molecular complexity index is 1170. The van der Waals surface area contributed by atoms with E-state index >= 15 is 0 Å². The van der Waals surface area contributed by atoms with Crippen LogP contribution in [0, 0.1) is 5.92 Å². The Labute approximate surface area is 220 Å². The zero-order valence-electron chi connectivity index (χ0n) is 21.6. The van der Waals surface area contributed by atoms with E-state index in [1.54, 1.807) is 20.0 Å². The van der Waals surface area contributed by atoms with Crippen molar-refractivity contribution in [2.45, 2.75) is 70.1 Å². The highest BCUT2D eigenvalue weighted by molar-refractivity contribution is 5.95. The molecule has 12 heteroatoms. The Morgan fingerprint density at radius 2 is 1.76 bits per heavy atom. The Kier molecular flexibility index (Phi) is 9.83. The minimum Gasteiger partial charge on any atom is -0.480 e. The number of aromatic amines is 1. The zero-order valence-corrected chi connectivity index (χ0v) is 21.6. The van der Waals surface area contributed by atoms with Gasteiger partial charge in [0.15, 0.2) is 0 Å². The van der Waals surface area contributed by atoms with E-state index < -0.39 is 53.8 Å². The van der Waals surface area contributed by atoms with E-state index in [1.165, 1.54) is 0 Å². The predicted molar refractivity (Wildman–Crippen MR) is 140 cm³/mol. The lowest BCUT2D eigenvalue weighted by atomic mass is 10.0. The molecule has 0 aliphatic carbocycles. The number of carbonyl (C=O) groups excluding carboxylic acids is 4. The number of H-pyrrole nitrogens is 1. The summed E-state index contributed by atoms with van der Waals surface area (Å²) >= 11 is 0. The maximum atomic E-state index is 13.4. The molecule has 1 aliphatic heterocycles. The van der Waals surface area contributed by atoms with Gasteiger partial charge in [0, 0.05) is 29.9 Å². The standard InChI is InChI=1S/C26H36N6O6/c1-14(2)22(26(37)38)32-25(36)20(12-15-13-29-17-7-4-3-6-16(15)17)31-24(35)19(9-10-21(27)33)30-23(34)18-8-5-11-28-18/h3-4,6-7,13-14,18-20,22,28-29H,5,8-12H2,1-2H3,(H2,27,33)(H,30,34)(H,31,35)(H,32,36)(H,37,38). The number of nitrogens with one attached hydrogen (secondary N) is 5. The maximum Gasteiger partial charge on any atom is 0.326 e. The lowest BCUT2D eigenvalue weighted by Gasteiger charge is -2.26. The molecule has 1 aromatic carbocycles. The van der Waals surface area contributed by atoms with Crippen LogP contribution in [-0.2, 0) is 30.4 Å². The van der Waals surface area contributed by atoms with Gasteiger partial charge in [-0.15, -0.1) is 0 Å². The third-order valence-electron chi connectivity index (χ3n) is 6.65. The van der Waals surface area contributed by atoms with Crippen molar-refractivity contribution >= 4 is 40.5 Å². The van der Waals surface area contributed by atoms with Crippen LogP contribution >= 0.6 is 0 Å². The van der Waals surface area contributed by atoms with Crippen molar-refractivity contribution in [1.82, 2.24) is 26.3 Å². The molecule has 3 rings (SSSR count). The lowest BCUT2D eigenvalue weighted by molar-refractivity contribution is -0.143. The molecule has 0 bridgehead atoms. The molecule has 206 valence electrons. The van der Waals surface area contributed by atoms with E-state index in [4.69, 9.17) is 5.73 Å². The molecule has 2 heterocycles. The van der Waals surface area contributed by atoms with Crippen LogP contribution < -0.4 is 27.0 Å². The van der Waals surface area contributed by atoms with E-state index in [-0.39, 0.29) is 25.2 Å². The first-order chi connectivity index (χ1) is 18.1. The minimum atomic E-state index is -1.19. The van der Waals surface area contributed by atoms with E-state index in [0.29, 0.717) is 13.0 Å². The van der Waals surface area contributed by atoms with Gasteiger partial charge in [-0.2, -0.15) is 0 Å². The largest absolute Gasteiger partial charge is 0.480 e. The molecule has 1 aliphatic rings. The molecule has 4 unspecified atom stereocenters. The number of carboxylic acid groups (broad SMARTS) is 1. The summed E-state index contributed by atoms with van der Waals surface area (Å²) in [5, 5.41) is 21.3. The van der Waals surface area contributed by atoms with Gasteiger partial charge in [-0.3, -0.25) is 19.2 Å². The van der Waals surface area contributed by atoms with E-state index in [0.717, 1.165) is 22.9 Å². The first-order valence-corrected chi connectivity index (χ1v) is 12.8. The molecule has 4 amide bonds. The average molecular weight is 529 g/mol. The number of aromatic nitrogens is 1. The lowest BCUT2D eigenvalue weighted by Crippen LogP contribution is -2.58. The number of carbonyl (C=O) groups is 5. The van der Waals surface area contributed by atoms with Gasteiger partial charge in [-0.25, -0.2) is 4.79 Å². The fraction of sp³-hybridized carbons (Fsp3) is 0.500. The van der Waals surface area contributed by atoms with E-state index in [1.807, 2.05) is 24.3 Å². The van der Waals surface area contributed by atoms with Crippen molar-refractivity contribution in [3.05, 3.63) is 36.0 Å². The summed E-state index contributed by atoms with van der Waals surface area (Å²) in [7, 11) is 0. The summed E-state index contributed by atoms with van der Waals surface area (Å²) in [4.78, 5) is 65.6. The molecule has 0 radical (unpaired) electrons. The van der Waals surface area contributed by atoms with Gasteiger partial charge in [0.2, 0.25) is 23.6 Å². The van der Waals surface area contributed by atoms with Gasteiger partial charge < -0.3 is 37.1 Å². The molecule has 38 heavy (non-hydrogen) atoms. The van der Waals surface area contributed by atoms with Crippen LogP contribution in [-0.4, -0.2) is 70.4 Å². The van der Waals surface area contributed by atoms with Crippen LogP contribution in [0.5, 0.6) is 0 Å². The summed E-state index contributed by atoms with van der Waals surface area (Å²) in [5.74, 6) is -3.96. The summed E-state index contributed by atoms with van der Waals surface area (Å²) in [6.07, 6.45) is 3.03. The zero-order chi connectivity index (χ0) is 27.8. The summed E-state index contributed by atoms with van der Waals surface area (Å²) < 4.78 is 0. The van der Waals surface area contributed by atoms with Crippen molar-refractivity contribution < 1.29 is 29.1 Å².